The van der Waals surface area contributed by atoms with Gasteiger partial charge in [0.15, 0.2) is 5.13 Å². The van der Waals surface area contributed by atoms with E-state index >= 15 is 0 Å². The van der Waals surface area contributed by atoms with E-state index in [9.17, 15) is 0 Å². The van der Waals surface area contributed by atoms with Gasteiger partial charge in [0.25, 0.3) is 0 Å². The molecule has 1 fully saturated rings. The summed E-state index contributed by atoms with van der Waals surface area (Å²) in [7, 11) is 4.00. The molecule has 5 heteroatoms. The van der Waals surface area contributed by atoms with Gasteiger partial charge in [0, 0.05) is 42.8 Å². The maximum Gasteiger partial charge on any atom is 0.183 e. The summed E-state index contributed by atoms with van der Waals surface area (Å²) in [6, 6.07) is 13.2. The second-order valence-electron chi connectivity index (χ2n) is 6.30. The van der Waals surface area contributed by atoms with Crippen molar-refractivity contribution in [1.29, 1.82) is 0 Å². The molecule has 2 heterocycles. The molecule has 1 aliphatic rings. The van der Waals surface area contributed by atoms with E-state index in [1.165, 1.54) is 18.4 Å². The number of nitrogens with zero attached hydrogens (tertiary/aromatic N) is 3. The highest BCUT2D eigenvalue weighted by Gasteiger charge is 2.22. The van der Waals surface area contributed by atoms with E-state index in [-0.39, 0.29) is 0 Å². The van der Waals surface area contributed by atoms with Crippen molar-refractivity contribution in [3.63, 3.8) is 0 Å². The van der Waals surface area contributed by atoms with Gasteiger partial charge >= 0.3 is 0 Å². The molecular formula is C19H20N4S. The van der Waals surface area contributed by atoms with Gasteiger partial charge in [-0.15, -0.1) is 11.3 Å². The van der Waals surface area contributed by atoms with Crippen LogP contribution in [0.5, 0.6) is 0 Å². The van der Waals surface area contributed by atoms with Crippen LogP contribution in [0, 0.1) is 0 Å². The Kier molecular flexibility index (Phi) is 3.94. The van der Waals surface area contributed by atoms with Gasteiger partial charge in [-0.25, -0.2) is 9.97 Å². The molecule has 1 N–H and O–H groups in total. The van der Waals surface area contributed by atoms with Gasteiger partial charge in [-0.1, -0.05) is 24.3 Å². The number of pyridine rings is 1. The van der Waals surface area contributed by atoms with Gasteiger partial charge in [0.2, 0.25) is 0 Å². The first-order chi connectivity index (χ1) is 11.7. The quantitative estimate of drug-likeness (QED) is 0.744. The highest BCUT2D eigenvalue weighted by molar-refractivity contribution is 7.14. The summed E-state index contributed by atoms with van der Waals surface area (Å²) in [5, 5.41) is 6.62. The van der Waals surface area contributed by atoms with E-state index < -0.39 is 0 Å². The summed E-state index contributed by atoms with van der Waals surface area (Å²) >= 11 is 1.68. The van der Waals surface area contributed by atoms with Crippen molar-refractivity contribution < 1.29 is 0 Å². The lowest BCUT2D eigenvalue weighted by Crippen LogP contribution is -2.10. The number of benzene rings is 1. The lowest BCUT2D eigenvalue weighted by molar-refractivity contribution is 1.07. The van der Waals surface area contributed by atoms with Crippen LogP contribution in [0.4, 0.5) is 10.9 Å². The Balaban J connectivity index is 1.68. The van der Waals surface area contributed by atoms with Crippen molar-refractivity contribution in [2.75, 3.05) is 24.3 Å². The highest BCUT2D eigenvalue weighted by Crippen LogP contribution is 2.35. The lowest BCUT2D eigenvalue weighted by Gasteiger charge is -2.12. The van der Waals surface area contributed by atoms with Crippen molar-refractivity contribution in [3.05, 3.63) is 48.0 Å². The van der Waals surface area contributed by atoms with Crippen LogP contribution >= 0.6 is 11.3 Å². The maximum absolute atomic E-state index is 4.77. The van der Waals surface area contributed by atoms with E-state index in [1.807, 2.05) is 31.3 Å². The second-order valence-corrected chi connectivity index (χ2v) is 7.16. The average molecular weight is 336 g/mol. The Morgan fingerprint density at radius 1 is 1.08 bits per heavy atom. The van der Waals surface area contributed by atoms with Gasteiger partial charge in [-0.05, 0) is 30.5 Å². The summed E-state index contributed by atoms with van der Waals surface area (Å²) in [6.07, 6.45) is 4.45. The summed E-state index contributed by atoms with van der Waals surface area (Å²) in [5.74, 6) is 0.959. The third-order valence-electron chi connectivity index (χ3n) is 4.13. The number of nitrogens with one attached hydrogen (secondary N) is 1. The SMILES string of the molecule is CN(C)c1ccc(-c2ccccc2-c2csc(NC3CC3)n2)cn1. The molecule has 24 heavy (non-hydrogen) atoms. The minimum absolute atomic E-state index is 0.627. The van der Waals surface area contributed by atoms with Gasteiger partial charge in [0.05, 0.1) is 5.69 Å². The van der Waals surface area contributed by atoms with Crippen LogP contribution in [-0.4, -0.2) is 30.1 Å². The Morgan fingerprint density at radius 2 is 1.88 bits per heavy atom. The molecule has 1 aliphatic carbocycles. The molecule has 122 valence electrons. The molecule has 1 saturated carbocycles. The van der Waals surface area contributed by atoms with E-state index in [0.717, 1.165) is 27.8 Å². The monoisotopic (exact) mass is 336 g/mol. The van der Waals surface area contributed by atoms with Crippen LogP contribution in [0.3, 0.4) is 0 Å². The smallest absolute Gasteiger partial charge is 0.183 e. The number of thiazole rings is 1. The molecule has 4 nitrogen and oxygen atoms in total. The summed E-state index contributed by atoms with van der Waals surface area (Å²) in [4.78, 5) is 11.3. The Morgan fingerprint density at radius 3 is 2.54 bits per heavy atom. The number of hydrogen-bond acceptors (Lipinski definition) is 5. The zero-order valence-electron chi connectivity index (χ0n) is 13.9. The minimum atomic E-state index is 0.627. The molecule has 4 rings (SSSR count). The standard InChI is InChI=1S/C19H20N4S/c1-23(2)18-10-7-13(11-20-18)15-5-3-4-6-16(15)17-12-24-19(22-17)21-14-8-9-14/h3-7,10-12,14H,8-9H2,1-2H3,(H,21,22). The van der Waals surface area contributed by atoms with Crippen LogP contribution in [0.25, 0.3) is 22.4 Å². The predicted octanol–water partition coefficient (Wildman–Crippen LogP) is 4.51. The normalized spacial score (nSPS) is 13.8. The Hall–Kier alpha value is -2.40. The first-order valence-electron chi connectivity index (χ1n) is 8.16. The summed E-state index contributed by atoms with van der Waals surface area (Å²) in [5.41, 5.74) is 4.45. The molecular weight excluding hydrogens is 316 g/mol. The molecule has 0 atom stereocenters. The zero-order chi connectivity index (χ0) is 16.5. The molecule has 0 aliphatic heterocycles. The van der Waals surface area contributed by atoms with Crippen molar-refractivity contribution in [3.8, 4) is 22.4 Å². The van der Waals surface area contributed by atoms with Crippen molar-refractivity contribution in [1.82, 2.24) is 9.97 Å². The lowest BCUT2D eigenvalue weighted by atomic mass is 9.99. The maximum atomic E-state index is 4.77. The molecule has 0 bridgehead atoms. The van der Waals surface area contributed by atoms with Crippen LogP contribution in [-0.2, 0) is 0 Å². The molecule has 3 aromatic rings. The molecule has 0 radical (unpaired) electrons. The first kappa shape index (κ1) is 15.1. The van der Waals surface area contributed by atoms with Crippen LogP contribution in [0.2, 0.25) is 0 Å². The van der Waals surface area contributed by atoms with Gasteiger partial charge in [-0.2, -0.15) is 0 Å². The third kappa shape index (κ3) is 3.12. The highest BCUT2D eigenvalue weighted by atomic mass is 32.1. The second kappa shape index (κ2) is 6.24. The van der Waals surface area contributed by atoms with E-state index in [4.69, 9.17) is 4.98 Å². The summed E-state index contributed by atoms with van der Waals surface area (Å²) in [6.45, 7) is 0. The molecule has 1 aromatic carbocycles. The van der Waals surface area contributed by atoms with Gasteiger partial charge in [0.1, 0.15) is 5.82 Å². The Labute approximate surface area is 146 Å². The Bertz CT molecular complexity index is 835. The number of anilines is 2. The predicted molar refractivity (Wildman–Crippen MR) is 102 cm³/mol. The third-order valence-corrected chi connectivity index (χ3v) is 4.90. The topological polar surface area (TPSA) is 41.0 Å². The minimum Gasteiger partial charge on any atom is -0.363 e. The number of aromatic nitrogens is 2. The van der Waals surface area contributed by atoms with Crippen molar-refractivity contribution in [2.45, 2.75) is 18.9 Å². The molecule has 0 spiro atoms. The van der Waals surface area contributed by atoms with E-state index in [2.05, 4.69) is 46.0 Å². The van der Waals surface area contributed by atoms with Gasteiger partial charge < -0.3 is 10.2 Å². The molecule has 0 saturated heterocycles. The van der Waals surface area contributed by atoms with Crippen LogP contribution < -0.4 is 10.2 Å². The molecule has 0 amide bonds. The number of hydrogen-bond donors (Lipinski definition) is 1. The van der Waals surface area contributed by atoms with E-state index in [1.54, 1.807) is 11.3 Å². The number of rotatable bonds is 5. The fourth-order valence-electron chi connectivity index (χ4n) is 2.63. The summed E-state index contributed by atoms with van der Waals surface area (Å²) < 4.78 is 0. The fourth-order valence-corrected chi connectivity index (χ4v) is 3.42. The van der Waals surface area contributed by atoms with Gasteiger partial charge in [-0.3, -0.25) is 0 Å². The molecule has 0 unspecified atom stereocenters. The first-order valence-corrected chi connectivity index (χ1v) is 9.04. The largest absolute Gasteiger partial charge is 0.363 e. The fraction of sp³-hybridized carbons (Fsp3) is 0.263. The van der Waals surface area contributed by atoms with E-state index in [0.29, 0.717) is 6.04 Å². The average Bonchev–Trinajstić information content (AvgIpc) is 3.30. The zero-order valence-corrected chi connectivity index (χ0v) is 14.7. The van der Waals surface area contributed by atoms with Crippen LogP contribution in [0.15, 0.2) is 48.0 Å². The van der Waals surface area contributed by atoms with Crippen LogP contribution in [0.1, 0.15) is 12.8 Å². The van der Waals surface area contributed by atoms with Crippen molar-refractivity contribution >= 4 is 22.3 Å². The molecule has 2 aromatic heterocycles. The van der Waals surface area contributed by atoms with Crippen molar-refractivity contribution in [2.24, 2.45) is 0 Å².